The highest BCUT2D eigenvalue weighted by molar-refractivity contribution is 5.61. The van der Waals surface area contributed by atoms with E-state index < -0.39 is 11.6 Å². The number of nitrogens with two attached hydrogens (primary N) is 1. The first-order valence-electron chi connectivity index (χ1n) is 4.63. The van der Waals surface area contributed by atoms with E-state index >= 15 is 0 Å². The number of benzene rings is 1. The van der Waals surface area contributed by atoms with Crippen LogP contribution in [0.15, 0.2) is 24.3 Å². The number of nitrogens with zero attached hydrogens (tertiary/aromatic N) is 2. The summed E-state index contributed by atoms with van der Waals surface area (Å²) in [6.45, 7) is 1.73. The van der Waals surface area contributed by atoms with Gasteiger partial charge in [-0.15, -0.1) is 10.2 Å². The fraction of sp³-hybridized carbons (Fsp3) is 0.0909. The molecule has 1 heterocycles. The lowest BCUT2D eigenvalue weighted by Gasteiger charge is -2.04. The molecule has 0 bridgehead atoms. The molecule has 0 fully saturated rings. The first kappa shape index (κ1) is 10.5. The summed E-state index contributed by atoms with van der Waals surface area (Å²) in [5, 5.41) is 7.39. The van der Waals surface area contributed by atoms with Crippen molar-refractivity contribution >= 4 is 5.82 Å². The maximum absolute atomic E-state index is 13.4. The predicted molar refractivity (Wildman–Crippen MR) is 56.5 cm³/mol. The van der Waals surface area contributed by atoms with Crippen LogP contribution >= 0.6 is 0 Å². The molecule has 5 heteroatoms. The van der Waals surface area contributed by atoms with Gasteiger partial charge in [0, 0.05) is 5.56 Å². The van der Waals surface area contributed by atoms with Gasteiger partial charge in [-0.1, -0.05) is 0 Å². The highest BCUT2D eigenvalue weighted by atomic mass is 19.1. The topological polar surface area (TPSA) is 51.8 Å². The SMILES string of the molecule is Cc1cc(-c2cc(F)ccc2F)nnc1N. The molecule has 0 saturated carbocycles. The van der Waals surface area contributed by atoms with E-state index in [4.69, 9.17) is 5.73 Å². The standard InChI is InChI=1S/C11H9F2N3/c1-6-4-10(15-16-11(6)14)8-5-7(12)2-3-9(8)13/h2-5H,1H3,(H2,14,16). The minimum atomic E-state index is -0.542. The number of hydrogen-bond acceptors (Lipinski definition) is 3. The van der Waals surface area contributed by atoms with Crippen molar-refractivity contribution in [3.63, 3.8) is 0 Å². The first-order chi connectivity index (χ1) is 7.58. The largest absolute Gasteiger partial charge is 0.382 e. The Kier molecular flexibility index (Phi) is 2.52. The second-order valence-corrected chi connectivity index (χ2v) is 3.42. The van der Waals surface area contributed by atoms with Crippen LogP contribution in [0.3, 0.4) is 0 Å². The van der Waals surface area contributed by atoms with Gasteiger partial charge in [0.25, 0.3) is 0 Å². The van der Waals surface area contributed by atoms with E-state index in [-0.39, 0.29) is 17.1 Å². The molecule has 0 amide bonds. The van der Waals surface area contributed by atoms with Crippen LogP contribution in [0.4, 0.5) is 14.6 Å². The molecule has 0 aliphatic carbocycles. The van der Waals surface area contributed by atoms with E-state index in [1.807, 2.05) is 0 Å². The lowest BCUT2D eigenvalue weighted by atomic mass is 10.1. The van der Waals surface area contributed by atoms with Gasteiger partial charge in [0.2, 0.25) is 0 Å². The maximum Gasteiger partial charge on any atom is 0.149 e. The van der Waals surface area contributed by atoms with Crippen LogP contribution in [0.25, 0.3) is 11.3 Å². The van der Waals surface area contributed by atoms with Gasteiger partial charge in [-0.05, 0) is 36.8 Å². The minimum absolute atomic E-state index is 0.0793. The molecule has 2 aromatic rings. The van der Waals surface area contributed by atoms with Gasteiger partial charge >= 0.3 is 0 Å². The number of aromatic nitrogens is 2. The number of halogens is 2. The number of rotatable bonds is 1. The quantitative estimate of drug-likeness (QED) is 0.803. The third-order valence-electron chi connectivity index (χ3n) is 2.23. The molecule has 0 saturated heterocycles. The van der Waals surface area contributed by atoms with Crippen molar-refractivity contribution < 1.29 is 8.78 Å². The van der Waals surface area contributed by atoms with Gasteiger partial charge < -0.3 is 5.73 Å². The van der Waals surface area contributed by atoms with Crippen molar-refractivity contribution in [1.29, 1.82) is 0 Å². The summed E-state index contributed by atoms with van der Waals surface area (Å²) in [4.78, 5) is 0. The van der Waals surface area contributed by atoms with Gasteiger partial charge in [0.15, 0.2) is 0 Å². The van der Waals surface area contributed by atoms with Crippen LogP contribution in [0.5, 0.6) is 0 Å². The molecule has 0 aliphatic rings. The van der Waals surface area contributed by atoms with Crippen molar-refractivity contribution in [2.24, 2.45) is 0 Å². The smallest absolute Gasteiger partial charge is 0.149 e. The monoisotopic (exact) mass is 221 g/mol. The zero-order valence-electron chi connectivity index (χ0n) is 8.54. The van der Waals surface area contributed by atoms with Crippen LogP contribution in [-0.2, 0) is 0 Å². The molecule has 82 valence electrons. The van der Waals surface area contributed by atoms with Crippen molar-refractivity contribution in [3.05, 3.63) is 41.5 Å². The third-order valence-corrected chi connectivity index (χ3v) is 2.23. The Bertz CT molecular complexity index is 541. The summed E-state index contributed by atoms with van der Waals surface area (Å²) in [5.41, 5.74) is 6.51. The summed E-state index contributed by atoms with van der Waals surface area (Å²) in [6.07, 6.45) is 0. The Morgan fingerprint density at radius 3 is 2.56 bits per heavy atom. The molecule has 2 rings (SSSR count). The van der Waals surface area contributed by atoms with E-state index in [1.165, 1.54) is 0 Å². The van der Waals surface area contributed by atoms with Crippen molar-refractivity contribution in [2.45, 2.75) is 6.92 Å². The molecule has 2 N–H and O–H groups in total. The van der Waals surface area contributed by atoms with Crippen molar-refractivity contribution in [3.8, 4) is 11.3 Å². The van der Waals surface area contributed by atoms with Crippen LogP contribution in [-0.4, -0.2) is 10.2 Å². The van der Waals surface area contributed by atoms with Crippen LogP contribution in [0.1, 0.15) is 5.56 Å². The van der Waals surface area contributed by atoms with Crippen molar-refractivity contribution in [2.75, 3.05) is 5.73 Å². The van der Waals surface area contributed by atoms with Crippen LogP contribution < -0.4 is 5.73 Å². The second kappa shape index (κ2) is 3.84. The Morgan fingerprint density at radius 1 is 1.12 bits per heavy atom. The van der Waals surface area contributed by atoms with E-state index in [0.717, 1.165) is 18.2 Å². The van der Waals surface area contributed by atoms with Gasteiger partial charge in [-0.3, -0.25) is 0 Å². The van der Waals surface area contributed by atoms with Crippen LogP contribution in [0, 0.1) is 18.6 Å². The fourth-order valence-corrected chi connectivity index (χ4v) is 1.32. The van der Waals surface area contributed by atoms with Gasteiger partial charge in [0.05, 0.1) is 5.69 Å². The summed E-state index contributed by atoms with van der Waals surface area (Å²) in [5.74, 6) is -0.784. The van der Waals surface area contributed by atoms with E-state index in [9.17, 15) is 8.78 Å². The molecule has 0 spiro atoms. The normalized spacial score (nSPS) is 10.4. The van der Waals surface area contributed by atoms with Crippen LogP contribution in [0.2, 0.25) is 0 Å². The summed E-state index contributed by atoms with van der Waals surface area (Å²) < 4.78 is 26.4. The molecule has 0 unspecified atom stereocenters. The molecule has 3 nitrogen and oxygen atoms in total. The van der Waals surface area contributed by atoms with Gasteiger partial charge in [-0.2, -0.15) is 0 Å². The molecule has 1 aromatic carbocycles. The molecular formula is C11H9F2N3. The number of nitrogen functional groups attached to an aromatic ring is 1. The molecule has 0 aliphatic heterocycles. The second-order valence-electron chi connectivity index (χ2n) is 3.42. The zero-order valence-corrected chi connectivity index (χ0v) is 8.54. The minimum Gasteiger partial charge on any atom is -0.382 e. The maximum atomic E-state index is 13.4. The van der Waals surface area contributed by atoms with Gasteiger partial charge in [0.1, 0.15) is 17.5 Å². The average Bonchev–Trinajstić information content (AvgIpc) is 2.26. The predicted octanol–water partition coefficient (Wildman–Crippen LogP) is 2.31. The van der Waals surface area contributed by atoms with E-state index in [1.54, 1.807) is 13.0 Å². The van der Waals surface area contributed by atoms with Gasteiger partial charge in [-0.25, -0.2) is 8.78 Å². The number of aryl methyl sites for hydroxylation is 1. The summed E-state index contributed by atoms with van der Waals surface area (Å²) in [6, 6.07) is 4.75. The Balaban J connectivity index is 2.58. The van der Waals surface area contributed by atoms with E-state index in [2.05, 4.69) is 10.2 Å². The first-order valence-corrected chi connectivity index (χ1v) is 4.63. The lowest BCUT2D eigenvalue weighted by molar-refractivity contribution is 0.602. The molecule has 0 radical (unpaired) electrons. The highest BCUT2D eigenvalue weighted by Crippen LogP contribution is 2.23. The Labute approximate surface area is 90.9 Å². The lowest BCUT2D eigenvalue weighted by Crippen LogP contribution is -1.99. The van der Waals surface area contributed by atoms with E-state index in [0.29, 0.717) is 5.56 Å². The van der Waals surface area contributed by atoms with Crippen molar-refractivity contribution in [1.82, 2.24) is 10.2 Å². The average molecular weight is 221 g/mol. The molecule has 0 atom stereocenters. The fourth-order valence-electron chi connectivity index (χ4n) is 1.32. The molecule has 16 heavy (non-hydrogen) atoms. The molecule has 1 aromatic heterocycles. The Morgan fingerprint density at radius 2 is 1.88 bits per heavy atom. The Hall–Kier alpha value is -2.04. The zero-order chi connectivity index (χ0) is 11.7. The third kappa shape index (κ3) is 1.84. The number of hydrogen-bond donors (Lipinski definition) is 1. The number of anilines is 1. The molecular weight excluding hydrogens is 212 g/mol. The summed E-state index contributed by atoms with van der Waals surface area (Å²) in [7, 11) is 0. The summed E-state index contributed by atoms with van der Waals surface area (Å²) >= 11 is 0. The highest BCUT2D eigenvalue weighted by Gasteiger charge is 2.09.